The number of benzene rings is 1. The maximum atomic E-state index is 12.1. The van der Waals surface area contributed by atoms with Gasteiger partial charge in [-0.25, -0.2) is 0 Å². The quantitative estimate of drug-likeness (QED) is 0.692. The van der Waals surface area contributed by atoms with Gasteiger partial charge in [-0.2, -0.15) is 0 Å². The van der Waals surface area contributed by atoms with Gasteiger partial charge in [0.15, 0.2) is 0 Å². The fourth-order valence-corrected chi connectivity index (χ4v) is 2.47. The number of nitrogens with one attached hydrogen (secondary N) is 2. The predicted molar refractivity (Wildman–Crippen MR) is 81.8 cm³/mol. The lowest BCUT2D eigenvalue weighted by molar-refractivity contribution is -0.122. The highest BCUT2D eigenvalue weighted by Crippen LogP contribution is 2.12. The van der Waals surface area contributed by atoms with E-state index in [1.807, 2.05) is 0 Å². The fraction of sp³-hybridized carbons (Fsp3) is 0.467. The third-order valence-electron chi connectivity index (χ3n) is 3.72. The van der Waals surface area contributed by atoms with Crippen LogP contribution < -0.4 is 16.4 Å². The summed E-state index contributed by atoms with van der Waals surface area (Å²) in [5.74, 6) is -0.0655. The van der Waals surface area contributed by atoms with Gasteiger partial charge in [0.1, 0.15) is 0 Å². The number of nitrogens with zero attached hydrogens (tertiary/aromatic N) is 1. The van der Waals surface area contributed by atoms with Crippen molar-refractivity contribution in [1.82, 2.24) is 15.5 Å². The highest BCUT2D eigenvalue weighted by Gasteiger charge is 2.22. The number of amides is 2. The second kappa shape index (κ2) is 7.08. The van der Waals surface area contributed by atoms with Crippen LogP contribution in [0.5, 0.6) is 0 Å². The molecule has 2 rings (SSSR count). The van der Waals surface area contributed by atoms with Crippen LogP contribution in [0.1, 0.15) is 23.2 Å². The van der Waals surface area contributed by atoms with Crippen LogP contribution in [0, 0.1) is 0 Å². The monoisotopic (exact) mass is 290 g/mol. The highest BCUT2D eigenvalue weighted by molar-refractivity contribution is 5.95. The molecule has 0 radical (unpaired) electrons. The average molecular weight is 290 g/mol. The summed E-state index contributed by atoms with van der Waals surface area (Å²) in [4.78, 5) is 25.5. The largest absolute Gasteiger partial charge is 0.399 e. The summed E-state index contributed by atoms with van der Waals surface area (Å²) in [6, 6.07) is 7.12. The van der Waals surface area contributed by atoms with Crippen LogP contribution in [0.25, 0.3) is 0 Å². The molecule has 2 amide bonds. The minimum absolute atomic E-state index is 0.0252. The van der Waals surface area contributed by atoms with Crippen LogP contribution in [0.2, 0.25) is 0 Å². The lowest BCUT2D eigenvalue weighted by Gasteiger charge is -2.31. The fourth-order valence-electron chi connectivity index (χ4n) is 2.47. The number of likely N-dealkylation sites (tertiary alicyclic amines) is 1. The Labute approximate surface area is 124 Å². The number of carbonyl (C=O) groups is 2. The summed E-state index contributed by atoms with van der Waals surface area (Å²) >= 11 is 0. The van der Waals surface area contributed by atoms with Crippen LogP contribution in [0.15, 0.2) is 24.3 Å². The molecule has 1 fully saturated rings. The van der Waals surface area contributed by atoms with E-state index in [1.165, 1.54) is 0 Å². The first-order chi connectivity index (χ1) is 10.1. The summed E-state index contributed by atoms with van der Waals surface area (Å²) in [7, 11) is 1.64. The van der Waals surface area contributed by atoms with Gasteiger partial charge < -0.3 is 16.4 Å². The van der Waals surface area contributed by atoms with Gasteiger partial charge >= 0.3 is 0 Å². The van der Waals surface area contributed by atoms with Crippen molar-refractivity contribution in [3.8, 4) is 0 Å². The molecular weight excluding hydrogens is 268 g/mol. The Bertz CT molecular complexity index is 510. The van der Waals surface area contributed by atoms with E-state index in [-0.39, 0.29) is 17.9 Å². The summed E-state index contributed by atoms with van der Waals surface area (Å²) in [6.07, 6.45) is 1.70. The van der Waals surface area contributed by atoms with Crippen LogP contribution in [-0.2, 0) is 4.79 Å². The summed E-state index contributed by atoms with van der Waals surface area (Å²) in [6.45, 7) is 2.05. The molecule has 0 aliphatic carbocycles. The van der Waals surface area contributed by atoms with Crippen molar-refractivity contribution >= 4 is 17.5 Å². The molecule has 0 atom stereocenters. The molecule has 0 spiro atoms. The second-order valence-electron chi connectivity index (χ2n) is 5.32. The van der Waals surface area contributed by atoms with Crippen molar-refractivity contribution in [3.63, 3.8) is 0 Å². The Morgan fingerprint density at radius 2 is 2.05 bits per heavy atom. The van der Waals surface area contributed by atoms with Gasteiger partial charge in [-0.1, -0.05) is 6.07 Å². The van der Waals surface area contributed by atoms with Crippen molar-refractivity contribution in [3.05, 3.63) is 29.8 Å². The number of carbonyl (C=O) groups excluding carboxylic acids is 2. The van der Waals surface area contributed by atoms with Crippen molar-refractivity contribution < 1.29 is 9.59 Å². The minimum atomic E-state index is -0.0907. The van der Waals surface area contributed by atoms with E-state index in [0.717, 1.165) is 25.9 Å². The number of hydrogen-bond acceptors (Lipinski definition) is 4. The topological polar surface area (TPSA) is 87.5 Å². The van der Waals surface area contributed by atoms with E-state index in [2.05, 4.69) is 15.5 Å². The molecule has 1 aliphatic rings. The number of piperidine rings is 1. The zero-order chi connectivity index (χ0) is 15.2. The minimum Gasteiger partial charge on any atom is -0.399 e. The van der Waals surface area contributed by atoms with Crippen molar-refractivity contribution in [2.75, 3.05) is 32.4 Å². The van der Waals surface area contributed by atoms with E-state index in [4.69, 9.17) is 5.73 Å². The number of nitrogen functional groups attached to an aromatic ring is 1. The molecule has 21 heavy (non-hydrogen) atoms. The van der Waals surface area contributed by atoms with Crippen molar-refractivity contribution in [2.24, 2.45) is 0 Å². The lowest BCUT2D eigenvalue weighted by atomic mass is 10.0. The summed E-state index contributed by atoms with van der Waals surface area (Å²) in [5, 5.41) is 5.65. The van der Waals surface area contributed by atoms with Gasteiger partial charge in [0.2, 0.25) is 5.91 Å². The first-order valence-electron chi connectivity index (χ1n) is 7.18. The number of likely N-dealkylation sites (N-methyl/N-ethyl adjacent to an activating group) is 1. The average Bonchev–Trinajstić information content (AvgIpc) is 2.49. The maximum Gasteiger partial charge on any atom is 0.251 e. The predicted octanol–water partition coefficient (Wildman–Crippen LogP) is 0.209. The summed E-state index contributed by atoms with van der Waals surface area (Å²) < 4.78 is 0. The molecule has 0 bridgehead atoms. The van der Waals surface area contributed by atoms with E-state index >= 15 is 0 Å². The van der Waals surface area contributed by atoms with E-state index in [1.54, 1.807) is 31.3 Å². The zero-order valence-electron chi connectivity index (χ0n) is 12.3. The smallest absolute Gasteiger partial charge is 0.251 e. The SMILES string of the molecule is CNC(=O)CN1CCC(NC(=O)c2cccc(N)c2)CC1. The zero-order valence-corrected chi connectivity index (χ0v) is 12.3. The highest BCUT2D eigenvalue weighted by atomic mass is 16.2. The van der Waals surface area contributed by atoms with E-state index in [0.29, 0.717) is 17.8 Å². The Balaban J connectivity index is 1.81. The van der Waals surface area contributed by atoms with Gasteiger partial charge in [0.05, 0.1) is 6.54 Å². The molecule has 1 aromatic carbocycles. The molecule has 4 N–H and O–H groups in total. The molecule has 1 aliphatic heterocycles. The van der Waals surface area contributed by atoms with Gasteiger partial charge in [0.25, 0.3) is 5.91 Å². The van der Waals surface area contributed by atoms with Crippen molar-refractivity contribution in [2.45, 2.75) is 18.9 Å². The normalized spacial score (nSPS) is 16.4. The first kappa shape index (κ1) is 15.3. The van der Waals surface area contributed by atoms with Crippen molar-refractivity contribution in [1.29, 1.82) is 0 Å². The van der Waals surface area contributed by atoms with Crippen LogP contribution in [-0.4, -0.2) is 49.4 Å². The van der Waals surface area contributed by atoms with Gasteiger partial charge in [0, 0.05) is 37.4 Å². The van der Waals surface area contributed by atoms with Crippen LogP contribution in [0.4, 0.5) is 5.69 Å². The molecule has 6 heteroatoms. The third kappa shape index (κ3) is 4.46. The number of nitrogens with two attached hydrogens (primary N) is 1. The first-order valence-corrected chi connectivity index (χ1v) is 7.18. The molecule has 1 saturated heterocycles. The Morgan fingerprint density at radius 1 is 1.33 bits per heavy atom. The molecule has 0 aromatic heterocycles. The molecule has 6 nitrogen and oxygen atoms in total. The Hall–Kier alpha value is -2.08. The van der Waals surface area contributed by atoms with Gasteiger partial charge in [-0.3, -0.25) is 14.5 Å². The number of rotatable bonds is 4. The van der Waals surface area contributed by atoms with Gasteiger partial charge in [-0.15, -0.1) is 0 Å². The Kier molecular flexibility index (Phi) is 5.16. The van der Waals surface area contributed by atoms with E-state index < -0.39 is 0 Å². The number of anilines is 1. The van der Waals surface area contributed by atoms with Gasteiger partial charge in [-0.05, 0) is 31.0 Å². The Morgan fingerprint density at radius 3 is 2.67 bits per heavy atom. The molecule has 0 saturated carbocycles. The van der Waals surface area contributed by atoms with Crippen LogP contribution in [0.3, 0.4) is 0 Å². The molecule has 0 unspecified atom stereocenters. The van der Waals surface area contributed by atoms with E-state index in [9.17, 15) is 9.59 Å². The lowest BCUT2D eigenvalue weighted by Crippen LogP contribution is -2.47. The number of hydrogen-bond donors (Lipinski definition) is 3. The molecule has 1 aromatic rings. The maximum absolute atomic E-state index is 12.1. The van der Waals surface area contributed by atoms with Crippen LogP contribution >= 0.6 is 0 Å². The second-order valence-corrected chi connectivity index (χ2v) is 5.32. The molecule has 114 valence electrons. The third-order valence-corrected chi connectivity index (χ3v) is 3.72. The standard InChI is InChI=1S/C15H22N4O2/c1-17-14(20)10-19-7-5-13(6-8-19)18-15(21)11-3-2-4-12(16)9-11/h2-4,9,13H,5-8,10,16H2,1H3,(H,17,20)(H,18,21). The summed E-state index contributed by atoms with van der Waals surface area (Å²) in [5.41, 5.74) is 6.85. The molecular formula is C15H22N4O2. The molecule has 1 heterocycles.